The van der Waals surface area contributed by atoms with E-state index in [-0.39, 0.29) is 41.2 Å². The third-order valence-corrected chi connectivity index (χ3v) is 7.29. The summed E-state index contributed by atoms with van der Waals surface area (Å²) in [5.74, 6) is -0.206. The first-order valence-corrected chi connectivity index (χ1v) is 13.0. The molecule has 1 aromatic heterocycles. The van der Waals surface area contributed by atoms with Gasteiger partial charge in [-0.25, -0.2) is 9.59 Å². The van der Waals surface area contributed by atoms with Gasteiger partial charge in [-0.1, -0.05) is 24.6 Å². The highest BCUT2D eigenvalue weighted by atomic mass is 16.2. The van der Waals surface area contributed by atoms with E-state index in [1.54, 1.807) is 34.9 Å². The number of fused-ring (bicyclic) bond motifs is 1. The van der Waals surface area contributed by atoms with Crippen LogP contribution in [0.1, 0.15) is 52.0 Å². The van der Waals surface area contributed by atoms with Crippen LogP contribution in [-0.4, -0.2) is 27.1 Å². The quantitative estimate of drug-likeness (QED) is 0.451. The maximum Gasteiger partial charge on any atom is 0.331 e. The van der Waals surface area contributed by atoms with E-state index in [0.29, 0.717) is 47.6 Å². The van der Waals surface area contributed by atoms with Gasteiger partial charge < -0.3 is 16.0 Å². The minimum Gasteiger partial charge on any atom is -0.334 e. The first-order chi connectivity index (χ1) is 17.8. The van der Waals surface area contributed by atoms with Crippen molar-refractivity contribution in [3.8, 4) is 0 Å². The minimum absolute atomic E-state index is 0.117. The molecule has 9 nitrogen and oxygen atoms in total. The Morgan fingerprint density at radius 1 is 0.946 bits per heavy atom. The molecule has 0 saturated heterocycles. The average Bonchev–Trinajstić information content (AvgIpc) is 3.58. The summed E-state index contributed by atoms with van der Waals surface area (Å²) in [7, 11) is 0. The van der Waals surface area contributed by atoms with E-state index in [4.69, 9.17) is 0 Å². The maximum atomic E-state index is 13.3. The Balaban J connectivity index is 1.35. The molecule has 3 N–H and O–H groups in total. The SMILES string of the molecule is CC(C)n1c(=O)n(CC2CC2)c(=O)c2cc(NC(=O)[C@@H]3CCC[C@@H]3NC(=O)Nc3ccccc3)ccc21. The fourth-order valence-corrected chi connectivity index (χ4v) is 5.22. The number of rotatable bonds is 7. The summed E-state index contributed by atoms with van der Waals surface area (Å²) >= 11 is 0. The van der Waals surface area contributed by atoms with Gasteiger partial charge in [-0.15, -0.1) is 0 Å². The van der Waals surface area contributed by atoms with Crippen molar-refractivity contribution in [2.75, 3.05) is 10.6 Å². The molecule has 2 aromatic carbocycles. The number of amides is 3. The highest BCUT2D eigenvalue weighted by Crippen LogP contribution is 2.30. The number of urea groups is 1. The first kappa shape index (κ1) is 24.8. The number of nitrogens with zero attached hydrogens (tertiary/aromatic N) is 2. The zero-order valence-corrected chi connectivity index (χ0v) is 21.2. The van der Waals surface area contributed by atoms with Gasteiger partial charge in [0.05, 0.1) is 16.8 Å². The van der Waals surface area contributed by atoms with Gasteiger partial charge in [-0.2, -0.15) is 0 Å². The summed E-state index contributed by atoms with van der Waals surface area (Å²) in [6.07, 6.45) is 4.27. The van der Waals surface area contributed by atoms with Gasteiger partial charge in [0.2, 0.25) is 5.91 Å². The maximum absolute atomic E-state index is 13.3. The summed E-state index contributed by atoms with van der Waals surface area (Å²) in [5.41, 5.74) is 1.14. The van der Waals surface area contributed by atoms with Crippen molar-refractivity contribution in [2.24, 2.45) is 11.8 Å². The lowest BCUT2D eigenvalue weighted by Crippen LogP contribution is -2.43. The van der Waals surface area contributed by atoms with Crippen LogP contribution >= 0.6 is 0 Å². The monoisotopic (exact) mass is 503 g/mol. The standard InChI is InChI=1S/C28H33N5O4/c1-17(2)33-24-14-13-20(15-22(24)26(35)32(28(33)37)16-18-11-12-18)29-25(34)21-9-6-10-23(21)31-27(36)30-19-7-4-3-5-8-19/h3-5,7-8,13-15,17-18,21,23H,6,9-12,16H2,1-2H3,(H,29,34)(H2,30,31,36)/t21-,23+/m1/s1. The number of nitrogens with one attached hydrogen (secondary N) is 3. The van der Waals surface area contributed by atoms with Gasteiger partial charge in [0.25, 0.3) is 5.56 Å². The normalized spacial score (nSPS) is 19.2. The van der Waals surface area contributed by atoms with Crippen molar-refractivity contribution in [3.63, 3.8) is 0 Å². The molecule has 2 aliphatic carbocycles. The molecule has 0 spiro atoms. The highest BCUT2D eigenvalue weighted by molar-refractivity contribution is 5.96. The number of anilines is 2. The van der Waals surface area contributed by atoms with Crippen LogP contribution in [0.25, 0.3) is 10.9 Å². The van der Waals surface area contributed by atoms with E-state index in [1.165, 1.54) is 4.57 Å². The predicted octanol–water partition coefficient (Wildman–Crippen LogP) is 4.08. The molecule has 3 amide bonds. The summed E-state index contributed by atoms with van der Waals surface area (Å²) in [5, 5.41) is 9.10. The second kappa shape index (κ2) is 10.2. The van der Waals surface area contributed by atoms with Gasteiger partial charge in [0.1, 0.15) is 0 Å². The molecule has 194 valence electrons. The predicted molar refractivity (Wildman–Crippen MR) is 144 cm³/mol. The summed E-state index contributed by atoms with van der Waals surface area (Å²) in [6.45, 7) is 4.27. The highest BCUT2D eigenvalue weighted by Gasteiger charge is 2.34. The van der Waals surface area contributed by atoms with Gasteiger partial charge in [0.15, 0.2) is 0 Å². The summed E-state index contributed by atoms with van der Waals surface area (Å²) in [6, 6.07) is 13.5. The molecule has 1 heterocycles. The Labute approximate surface area is 214 Å². The smallest absolute Gasteiger partial charge is 0.331 e. The molecule has 2 aliphatic rings. The topological polar surface area (TPSA) is 114 Å². The van der Waals surface area contributed by atoms with Gasteiger partial charge in [-0.05, 0) is 75.8 Å². The van der Waals surface area contributed by atoms with Crippen LogP contribution in [0.15, 0.2) is 58.1 Å². The molecule has 2 saturated carbocycles. The van der Waals surface area contributed by atoms with Gasteiger partial charge in [-0.3, -0.25) is 18.7 Å². The largest absolute Gasteiger partial charge is 0.334 e. The Bertz CT molecular complexity index is 1440. The third-order valence-electron chi connectivity index (χ3n) is 7.29. The lowest BCUT2D eigenvalue weighted by Gasteiger charge is -2.21. The van der Waals surface area contributed by atoms with Gasteiger partial charge >= 0.3 is 11.7 Å². The van der Waals surface area contributed by atoms with E-state index in [9.17, 15) is 19.2 Å². The number of aromatic nitrogens is 2. The summed E-state index contributed by atoms with van der Waals surface area (Å²) in [4.78, 5) is 52.1. The molecule has 37 heavy (non-hydrogen) atoms. The molecule has 2 atom stereocenters. The van der Waals surface area contributed by atoms with Crippen molar-refractivity contribution in [1.82, 2.24) is 14.5 Å². The van der Waals surface area contributed by atoms with Crippen molar-refractivity contribution < 1.29 is 9.59 Å². The molecule has 5 rings (SSSR count). The Morgan fingerprint density at radius 3 is 2.41 bits per heavy atom. The number of hydrogen-bond acceptors (Lipinski definition) is 4. The number of para-hydroxylation sites is 1. The fraction of sp³-hybridized carbons (Fsp3) is 0.429. The van der Waals surface area contributed by atoms with Crippen LogP contribution in [0.3, 0.4) is 0 Å². The second-order valence-corrected chi connectivity index (χ2v) is 10.4. The van der Waals surface area contributed by atoms with Crippen molar-refractivity contribution >= 4 is 34.2 Å². The van der Waals surface area contributed by atoms with Gasteiger partial charge in [0, 0.05) is 30.0 Å². The van der Waals surface area contributed by atoms with Crippen molar-refractivity contribution in [3.05, 3.63) is 69.4 Å². The average molecular weight is 504 g/mol. The van der Waals surface area contributed by atoms with Crippen LogP contribution in [0, 0.1) is 11.8 Å². The van der Waals surface area contributed by atoms with Crippen LogP contribution in [0.4, 0.5) is 16.2 Å². The van der Waals surface area contributed by atoms with Crippen LogP contribution in [0.5, 0.6) is 0 Å². The number of hydrogen-bond donors (Lipinski definition) is 3. The molecule has 2 fully saturated rings. The van der Waals surface area contributed by atoms with E-state index in [0.717, 1.165) is 19.3 Å². The van der Waals surface area contributed by atoms with Crippen LogP contribution in [0.2, 0.25) is 0 Å². The number of benzene rings is 2. The Kier molecular flexibility index (Phi) is 6.86. The zero-order chi connectivity index (χ0) is 26.1. The van der Waals surface area contributed by atoms with E-state index in [2.05, 4.69) is 16.0 Å². The third kappa shape index (κ3) is 5.30. The summed E-state index contributed by atoms with van der Waals surface area (Å²) < 4.78 is 2.99. The van der Waals surface area contributed by atoms with Crippen LogP contribution in [-0.2, 0) is 11.3 Å². The minimum atomic E-state index is -0.381. The molecular weight excluding hydrogens is 470 g/mol. The lowest BCUT2D eigenvalue weighted by molar-refractivity contribution is -0.120. The molecule has 0 aliphatic heterocycles. The molecule has 0 radical (unpaired) electrons. The zero-order valence-electron chi connectivity index (χ0n) is 21.2. The number of carbonyl (C=O) groups is 2. The van der Waals surface area contributed by atoms with E-state index < -0.39 is 0 Å². The van der Waals surface area contributed by atoms with Crippen LogP contribution < -0.4 is 27.2 Å². The molecule has 0 bridgehead atoms. The molecule has 3 aromatic rings. The molecule has 9 heteroatoms. The van der Waals surface area contributed by atoms with E-state index in [1.807, 2.05) is 32.0 Å². The van der Waals surface area contributed by atoms with E-state index >= 15 is 0 Å². The lowest BCUT2D eigenvalue weighted by atomic mass is 10.0. The number of carbonyl (C=O) groups excluding carboxylic acids is 2. The molecule has 0 unspecified atom stereocenters. The second-order valence-electron chi connectivity index (χ2n) is 10.4. The Morgan fingerprint density at radius 2 is 1.70 bits per heavy atom. The fourth-order valence-electron chi connectivity index (χ4n) is 5.22. The first-order valence-electron chi connectivity index (χ1n) is 13.0. The Hall–Kier alpha value is -3.88. The van der Waals surface area contributed by atoms with Crippen molar-refractivity contribution in [1.29, 1.82) is 0 Å². The van der Waals surface area contributed by atoms with Crippen molar-refractivity contribution in [2.45, 2.75) is 64.6 Å². The molecular formula is C28H33N5O4.